The van der Waals surface area contributed by atoms with Gasteiger partial charge in [-0.25, -0.2) is 13.1 Å². The lowest BCUT2D eigenvalue weighted by atomic mass is 10.3. The average Bonchev–Trinajstić information content (AvgIpc) is 2.09. The van der Waals surface area contributed by atoms with E-state index in [-0.39, 0.29) is 5.75 Å². The summed E-state index contributed by atoms with van der Waals surface area (Å²) < 4.78 is 24.8. The third-order valence-corrected chi connectivity index (χ3v) is 2.83. The molecule has 0 radical (unpaired) electrons. The van der Waals surface area contributed by atoms with Crippen LogP contribution in [0.3, 0.4) is 0 Å². The normalized spacial score (nSPS) is 11.1. The average molecular weight is 204 g/mol. The van der Waals surface area contributed by atoms with Crippen molar-refractivity contribution in [1.29, 1.82) is 0 Å². The van der Waals surface area contributed by atoms with Gasteiger partial charge in [-0.15, -0.1) is 12.3 Å². The van der Waals surface area contributed by atoms with Gasteiger partial charge in [0.25, 0.3) is 0 Å². The standard InChI is InChI=1S/C8H16N2O2S/c1-3-4-5-6-10-13(11,12)8-7-9-2/h1,9-10H,4-8H2,2H3. The molecule has 0 unspecified atom stereocenters. The molecule has 0 aliphatic rings. The van der Waals surface area contributed by atoms with Gasteiger partial charge in [0, 0.05) is 19.5 Å². The number of unbranched alkanes of at least 4 members (excludes halogenated alkanes) is 1. The minimum Gasteiger partial charge on any atom is -0.319 e. The molecule has 0 fully saturated rings. The van der Waals surface area contributed by atoms with E-state index in [1.54, 1.807) is 7.05 Å². The molecule has 76 valence electrons. The number of terminal acetylenes is 1. The van der Waals surface area contributed by atoms with Crippen LogP contribution >= 0.6 is 0 Å². The molecule has 0 amide bonds. The molecule has 0 saturated carbocycles. The van der Waals surface area contributed by atoms with Crippen LogP contribution in [-0.4, -0.2) is 34.3 Å². The van der Waals surface area contributed by atoms with Crippen LogP contribution in [0.1, 0.15) is 12.8 Å². The van der Waals surface area contributed by atoms with Gasteiger partial charge in [0.2, 0.25) is 10.0 Å². The van der Waals surface area contributed by atoms with E-state index < -0.39 is 10.0 Å². The van der Waals surface area contributed by atoms with Crippen LogP contribution < -0.4 is 10.0 Å². The number of hydrogen-bond donors (Lipinski definition) is 2. The van der Waals surface area contributed by atoms with Gasteiger partial charge in [-0.1, -0.05) is 0 Å². The second-order valence-corrected chi connectivity index (χ2v) is 4.55. The van der Waals surface area contributed by atoms with Gasteiger partial charge in [-0.05, 0) is 13.5 Å². The lowest BCUT2D eigenvalue weighted by Crippen LogP contribution is -2.31. The van der Waals surface area contributed by atoms with Crippen molar-refractivity contribution < 1.29 is 8.42 Å². The second kappa shape index (κ2) is 6.89. The number of hydrogen-bond acceptors (Lipinski definition) is 3. The predicted octanol–water partition coefficient (Wildman–Crippen LogP) is -0.461. The summed E-state index contributed by atoms with van der Waals surface area (Å²) in [7, 11) is -1.39. The summed E-state index contributed by atoms with van der Waals surface area (Å²) in [4.78, 5) is 0. The van der Waals surface area contributed by atoms with Crippen LogP contribution in [-0.2, 0) is 10.0 Å². The van der Waals surface area contributed by atoms with Crippen LogP contribution in [0.2, 0.25) is 0 Å². The Labute approximate surface area is 80.2 Å². The molecule has 0 aromatic heterocycles. The molecular formula is C8H16N2O2S. The van der Waals surface area contributed by atoms with Gasteiger partial charge in [0.1, 0.15) is 0 Å². The zero-order chi connectivity index (χ0) is 10.2. The predicted molar refractivity (Wildman–Crippen MR) is 53.8 cm³/mol. The van der Waals surface area contributed by atoms with Crippen molar-refractivity contribution in [2.24, 2.45) is 0 Å². The Balaban J connectivity index is 3.59. The largest absolute Gasteiger partial charge is 0.319 e. The van der Waals surface area contributed by atoms with Crippen LogP contribution in [0.25, 0.3) is 0 Å². The van der Waals surface area contributed by atoms with Gasteiger partial charge in [0.05, 0.1) is 5.75 Å². The van der Waals surface area contributed by atoms with E-state index in [1.807, 2.05) is 0 Å². The topological polar surface area (TPSA) is 58.2 Å². The van der Waals surface area contributed by atoms with E-state index >= 15 is 0 Å². The van der Waals surface area contributed by atoms with Crippen molar-refractivity contribution in [3.8, 4) is 12.3 Å². The lowest BCUT2D eigenvalue weighted by Gasteiger charge is -2.04. The first-order chi connectivity index (χ1) is 6.12. The van der Waals surface area contributed by atoms with E-state index in [4.69, 9.17) is 6.42 Å². The highest BCUT2D eigenvalue weighted by molar-refractivity contribution is 7.89. The highest BCUT2D eigenvalue weighted by atomic mass is 32.2. The monoisotopic (exact) mass is 204 g/mol. The minimum absolute atomic E-state index is 0.111. The van der Waals surface area contributed by atoms with E-state index in [1.165, 1.54) is 0 Å². The maximum atomic E-state index is 11.1. The highest BCUT2D eigenvalue weighted by Gasteiger charge is 2.06. The van der Waals surface area contributed by atoms with Crippen molar-refractivity contribution in [2.75, 3.05) is 25.9 Å². The Morgan fingerprint density at radius 1 is 1.38 bits per heavy atom. The smallest absolute Gasteiger partial charge is 0.212 e. The molecule has 0 aliphatic carbocycles. The summed E-state index contributed by atoms with van der Waals surface area (Å²) in [5, 5.41) is 2.77. The van der Waals surface area contributed by atoms with Crippen LogP contribution in [0, 0.1) is 12.3 Å². The first kappa shape index (κ1) is 12.4. The Kier molecular flexibility index (Phi) is 6.59. The highest BCUT2D eigenvalue weighted by Crippen LogP contribution is 1.87. The Hall–Kier alpha value is -0.570. The molecule has 0 spiro atoms. The number of rotatable bonds is 7. The van der Waals surface area contributed by atoms with Crippen LogP contribution in [0.4, 0.5) is 0 Å². The molecule has 0 rings (SSSR count). The third-order valence-electron chi connectivity index (χ3n) is 1.44. The SMILES string of the molecule is C#CCCCNS(=O)(=O)CCNC. The molecule has 4 nitrogen and oxygen atoms in total. The first-order valence-electron chi connectivity index (χ1n) is 4.18. The van der Waals surface area contributed by atoms with Gasteiger partial charge in [-0.2, -0.15) is 0 Å². The van der Waals surface area contributed by atoms with Crippen molar-refractivity contribution in [2.45, 2.75) is 12.8 Å². The molecule has 0 aliphatic heterocycles. The molecule has 13 heavy (non-hydrogen) atoms. The fraction of sp³-hybridized carbons (Fsp3) is 0.750. The summed E-state index contributed by atoms with van der Waals surface area (Å²) in [6, 6.07) is 0. The van der Waals surface area contributed by atoms with E-state index in [0.29, 0.717) is 25.9 Å². The zero-order valence-corrected chi connectivity index (χ0v) is 8.65. The molecule has 5 heteroatoms. The minimum atomic E-state index is -3.11. The van der Waals surface area contributed by atoms with E-state index in [9.17, 15) is 8.42 Å². The van der Waals surface area contributed by atoms with Gasteiger partial charge in [-0.3, -0.25) is 0 Å². The fourth-order valence-corrected chi connectivity index (χ4v) is 1.80. The molecule has 0 heterocycles. The summed E-state index contributed by atoms with van der Waals surface area (Å²) in [5.74, 6) is 2.56. The van der Waals surface area contributed by atoms with E-state index in [0.717, 1.165) is 0 Å². The molecule has 0 aromatic carbocycles. The maximum Gasteiger partial charge on any atom is 0.212 e. The molecule has 0 aromatic rings. The maximum absolute atomic E-state index is 11.1. The molecule has 0 bridgehead atoms. The van der Waals surface area contributed by atoms with Crippen molar-refractivity contribution in [1.82, 2.24) is 10.0 Å². The number of sulfonamides is 1. The summed E-state index contributed by atoms with van der Waals surface area (Å²) in [6.07, 6.45) is 6.32. The van der Waals surface area contributed by atoms with Crippen LogP contribution in [0.15, 0.2) is 0 Å². The van der Waals surface area contributed by atoms with Crippen LogP contribution in [0.5, 0.6) is 0 Å². The number of nitrogens with one attached hydrogen (secondary N) is 2. The second-order valence-electron chi connectivity index (χ2n) is 2.62. The quantitative estimate of drug-likeness (QED) is 0.436. The fourth-order valence-electron chi connectivity index (χ4n) is 0.727. The van der Waals surface area contributed by atoms with Crippen molar-refractivity contribution in [3.05, 3.63) is 0 Å². The third kappa shape index (κ3) is 7.78. The zero-order valence-electron chi connectivity index (χ0n) is 7.84. The lowest BCUT2D eigenvalue weighted by molar-refractivity contribution is 0.577. The summed E-state index contributed by atoms with van der Waals surface area (Å²) in [5.41, 5.74) is 0. The molecular weight excluding hydrogens is 188 g/mol. The Bertz CT molecular complexity index is 254. The Morgan fingerprint density at radius 2 is 2.08 bits per heavy atom. The molecule has 0 saturated heterocycles. The first-order valence-corrected chi connectivity index (χ1v) is 5.83. The molecule has 0 atom stereocenters. The summed E-state index contributed by atoms with van der Waals surface area (Å²) in [6.45, 7) is 0.890. The Morgan fingerprint density at radius 3 is 2.62 bits per heavy atom. The van der Waals surface area contributed by atoms with Crippen molar-refractivity contribution in [3.63, 3.8) is 0 Å². The van der Waals surface area contributed by atoms with Gasteiger partial charge in [0.15, 0.2) is 0 Å². The summed E-state index contributed by atoms with van der Waals surface area (Å²) >= 11 is 0. The van der Waals surface area contributed by atoms with E-state index in [2.05, 4.69) is 16.0 Å². The van der Waals surface area contributed by atoms with Crippen molar-refractivity contribution >= 4 is 10.0 Å². The van der Waals surface area contributed by atoms with Gasteiger partial charge >= 0.3 is 0 Å². The van der Waals surface area contributed by atoms with Gasteiger partial charge < -0.3 is 5.32 Å². The molecule has 2 N–H and O–H groups in total.